The summed E-state index contributed by atoms with van der Waals surface area (Å²) in [6.45, 7) is 0. The lowest BCUT2D eigenvalue weighted by atomic mass is 9.90. The molecule has 0 aliphatic heterocycles. The monoisotopic (exact) mass is 361 g/mol. The van der Waals surface area contributed by atoms with E-state index in [-0.39, 0.29) is 5.78 Å². The fourth-order valence-electron chi connectivity index (χ4n) is 3.20. The topological polar surface area (TPSA) is 55.7 Å². The second-order valence-corrected chi connectivity index (χ2v) is 6.26. The van der Waals surface area contributed by atoms with Gasteiger partial charge in [-0.1, -0.05) is 18.2 Å². The van der Waals surface area contributed by atoms with Gasteiger partial charge in [0.25, 0.3) is 0 Å². The lowest BCUT2D eigenvalue weighted by Crippen LogP contribution is -2.15. The lowest BCUT2D eigenvalue weighted by Gasteiger charge is -2.19. The Morgan fingerprint density at radius 3 is 2.52 bits per heavy atom. The Kier molecular flexibility index (Phi) is 2.47. The number of nitrogens with zero attached hydrogens (tertiary/aromatic N) is 3. The molecule has 0 saturated carbocycles. The minimum Gasteiger partial charge on any atom is -0.285 e. The molecule has 0 unspecified atom stereocenters. The first-order chi connectivity index (χ1) is 11.3. The van der Waals surface area contributed by atoms with Gasteiger partial charge in [0.2, 0.25) is 5.78 Å². The number of carbonyl (C=O) groups excluding carboxylic acids is 1. The number of rotatable bonds is 0. The fraction of sp³-hybridized carbons (Fsp3) is 0. The van der Waals surface area contributed by atoms with Gasteiger partial charge in [0, 0.05) is 33.2 Å². The summed E-state index contributed by atoms with van der Waals surface area (Å²) in [5.41, 5.74) is 3.22. The normalized spacial score (nSPS) is 12.7. The van der Waals surface area contributed by atoms with Gasteiger partial charge in [-0.25, -0.2) is 4.98 Å². The fourth-order valence-corrected chi connectivity index (χ4v) is 3.70. The first kappa shape index (κ1) is 12.8. The molecule has 1 aliphatic rings. The van der Waals surface area contributed by atoms with E-state index in [0.29, 0.717) is 11.4 Å². The second-order valence-electron chi connectivity index (χ2n) is 5.41. The summed E-state index contributed by atoms with van der Waals surface area (Å²) in [7, 11) is 0. The van der Waals surface area contributed by atoms with Gasteiger partial charge in [-0.3, -0.25) is 14.8 Å². The number of hydrogen-bond donors (Lipinski definition) is 0. The molecular weight excluding hydrogens is 354 g/mol. The maximum atomic E-state index is 12.8. The van der Waals surface area contributed by atoms with Crippen LogP contribution in [0.3, 0.4) is 0 Å². The van der Waals surface area contributed by atoms with Crippen molar-refractivity contribution in [3.8, 4) is 11.3 Å². The number of halogens is 1. The third kappa shape index (κ3) is 1.60. The van der Waals surface area contributed by atoms with Crippen molar-refractivity contribution in [2.24, 2.45) is 0 Å². The predicted molar refractivity (Wildman–Crippen MR) is 91.4 cm³/mol. The van der Waals surface area contributed by atoms with Crippen LogP contribution in [0.15, 0.2) is 53.3 Å². The summed E-state index contributed by atoms with van der Waals surface area (Å²) in [5, 5.41) is 2.81. The summed E-state index contributed by atoms with van der Waals surface area (Å²) in [5.74, 6) is -0.156. The number of fused-ring (bicyclic) bond motifs is 4. The molecule has 5 rings (SSSR count). The summed E-state index contributed by atoms with van der Waals surface area (Å²) in [6, 6.07) is 11.7. The van der Waals surface area contributed by atoms with Gasteiger partial charge in [0.05, 0.1) is 11.2 Å². The number of hydrogen-bond acceptors (Lipinski definition) is 4. The molecule has 0 bridgehead atoms. The smallest absolute Gasteiger partial charge is 0.231 e. The first-order valence-corrected chi connectivity index (χ1v) is 7.92. The van der Waals surface area contributed by atoms with Crippen LogP contribution in [0.4, 0.5) is 0 Å². The van der Waals surface area contributed by atoms with Crippen LogP contribution in [-0.2, 0) is 0 Å². The Labute approximate surface area is 139 Å². The zero-order chi connectivity index (χ0) is 15.6. The third-order valence-corrected chi connectivity index (χ3v) is 4.84. The Hall–Kier alpha value is -2.66. The van der Waals surface area contributed by atoms with Crippen molar-refractivity contribution in [1.29, 1.82) is 0 Å². The largest absolute Gasteiger partial charge is 0.285 e. The number of para-hydroxylation sites is 1. The van der Waals surface area contributed by atoms with E-state index in [1.165, 1.54) is 0 Å². The van der Waals surface area contributed by atoms with Crippen LogP contribution in [0.25, 0.3) is 32.9 Å². The molecule has 108 valence electrons. The molecule has 3 aromatic heterocycles. The first-order valence-electron chi connectivity index (χ1n) is 7.13. The van der Waals surface area contributed by atoms with E-state index in [2.05, 4.69) is 25.9 Å². The number of ketones is 1. The van der Waals surface area contributed by atoms with Gasteiger partial charge in [0.15, 0.2) is 0 Å². The molecular formula is C18H8BrN3O. The maximum absolute atomic E-state index is 12.8. The van der Waals surface area contributed by atoms with Crippen molar-refractivity contribution in [1.82, 2.24) is 15.0 Å². The van der Waals surface area contributed by atoms with Crippen LogP contribution in [0, 0.1) is 0 Å². The standard InChI is InChI=1S/C18H8BrN3O/c19-11-6-8-21-17-14(11)15-13-10(5-7-20-16(13)18(17)23)9-3-1-2-4-12(9)22-15/h1-8H. The van der Waals surface area contributed by atoms with E-state index in [1.54, 1.807) is 12.4 Å². The van der Waals surface area contributed by atoms with Crippen LogP contribution in [0.2, 0.25) is 0 Å². The molecule has 0 radical (unpaired) electrons. The quantitative estimate of drug-likeness (QED) is 0.388. The van der Waals surface area contributed by atoms with Crippen LogP contribution in [-0.4, -0.2) is 20.7 Å². The van der Waals surface area contributed by atoms with Gasteiger partial charge in [-0.05, 0) is 39.5 Å². The lowest BCUT2D eigenvalue weighted by molar-refractivity contribution is 0.103. The van der Waals surface area contributed by atoms with E-state index < -0.39 is 0 Å². The van der Waals surface area contributed by atoms with Crippen molar-refractivity contribution < 1.29 is 4.79 Å². The molecule has 3 heterocycles. The number of pyridine rings is 3. The average Bonchev–Trinajstić information content (AvgIpc) is 2.59. The molecule has 0 atom stereocenters. The minimum atomic E-state index is -0.156. The molecule has 0 spiro atoms. The van der Waals surface area contributed by atoms with Crippen molar-refractivity contribution in [2.75, 3.05) is 0 Å². The highest BCUT2D eigenvalue weighted by Crippen LogP contribution is 2.42. The zero-order valence-corrected chi connectivity index (χ0v) is 13.3. The summed E-state index contributed by atoms with van der Waals surface area (Å²) in [4.78, 5) is 26.2. The van der Waals surface area contributed by atoms with Gasteiger partial charge in [-0.2, -0.15) is 0 Å². The highest BCUT2D eigenvalue weighted by Gasteiger charge is 2.30. The van der Waals surface area contributed by atoms with Crippen LogP contribution in [0.1, 0.15) is 16.2 Å². The van der Waals surface area contributed by atoms with Crippen LogP contribution >= 0.6 is 15.9 Å². The number of aromatic nitrogens is 3. The van der Waals surface area contributed by atoms with E-state index in [4.69, 9.17) is 4.98 Å². The number of carbonyl (C=O) groups is 1. The highest BCUT2D eigenvalue weighted by atomic mass is 79.9. The van der Waals surface area contributed by atoms with E-state index in [0.717, 1.165) is 37.4 Å². The molecule has 1 aromatic carbocycles. The van der Waals surface area contributed by atoms with Crippen molar-refractivity contribution in [3.63, 3.8) is 0 Å². The van der Waals surface area contributed by atoms with Crippen molar-refractivity contribution >= 4 is 43.4 Å². The minimum absolute atomic E-state index is 0.156. The van der Waals surface area contributed by atoms with E-state index in [1.807, 2.05) is 36.4 Å². The van der Waals surface area contributed by atoms with Crippen LogP contribution in [0.5, 0.6) is 0 Å². The highest BCUT2D eigenvalue weighted by molar-refractivity contribution is 9.10. The third-order valence-electron chi connectivity index (χ3n) is 4.18. The van der Waals surface area contributed by atoms with Gasteiger partial charge < -0.3 is 0 Å². The Morgan fingerprint density at radius 1 is 0.826 bits per heavy atom. The number of benzene rings is 1. The average molecular weight is 362 g/mol. The second kappa shape index (κ2) is 4.43. The Morgan fingerprint density at radius 2 is 1.61 bits per heavy atom. The summed E-state index contributed by atoms with van der Waals surface area (Å²) < 4.78 is 0.814. The molecule has 1 aliphatic carbocycles. The van der Waals surface area contributed by atoms with E-state index >= 15 is 0 Å². The molecule has 4 nitrogen and oxygen atoms in total. The molecule has 0 saturated heterocycles. The van der Waals surface area contributed by atoms with Gasteiger partial charge in [0.1, 0.15) is 11.4 Å². The zero-order valence-electron chi connectivity index (χ0n) is 11.7. The molecule has 4 aromatic rings. The Bertz CT molecular complexity index is 1150. The molecule has 0 fully saturated rings. The molecule has 5 heteroatoms. The van der Waals surface area contributed by atoms with Crippen LogP contribution < -0.4 is 0 Å². The summed E-state index contributed by atoms with van der Waals surface area (Å²) >= 11 is 3.54. The van der Waals surface area contributed by atoms with Crippen molar-refractivity contribution in [2.45, 2.75) is 0 Å². The van der Waals surface area contributed by atoms with E-state index in [9.17, 15) is 4.79 Å². The van der Waals surface area contributed by atoms with Gasteiger partial charge >= 0.3 is 0 Å². The maximum Gasteiger partial charge on any atom is 0.231 e. The summed E-state index contributed by atoms with van der Waals surface area (Å²) in [6.07, 6.45) is 3.29. The molecule has 23 heavy (non-hydrogen) atoms. The SMILES string of the molecule is O=C1c2nccc(Br)c2-c2nc3ccccc3c3ccnc1c23. The molecule has 0 amide bonds. The molecule has 0 N–H and O–H groups in total. The van der Waals surface area contributed by atoms with Crippen molar-refractivity contribution in [3.05, 3.63) is 64.7 Å². The van der Waals surface area contributed by atoms with Gasteiger partial charge in [-0.15, -0.1) is 0 Å². The predicted octanol–water partition coefficient (Wildman–Crippen LogP) is 4.15. The Balaban J connectivity index is 2.11.